The molecule has 0 amide bonds. The second-order valence-electron chi connectivity index (χ2n) is 4.78. The van der Waals surface area contributed by atoms with Gasteiger partial charge < -0.3 is 9.63 Å². The lowest BCUT2D eigenvalue weighted by Gasteiger charge is -2.03. The van der Waals surface area contributed by atoms with E-state index < -0.39 is 4.92 Å². The van der Waals surface area contributed by atoms with Crippen LogP contribution in [0.5, 0.6) is 0 Å². The van der Waals surface area contributed by atoms with Crippen LogP contribution >= 0.6 is 15.9 Å². The Morgan fingerprint density at radius 3 is 2.48 bits per heavy atom. The molecule has 0 saturated heterocycles. The Morgan fingerprint density at radius 2 is 1.87 bits per heavy atom. The van der Waals surface area contributed by atoms with Crippen LogP contribution in [0.4, 0.5) is 5.69 Å². The fourth-order valence-corrected chi connectivity index (χ4v) is 2.75. The molecule has 116 valence electrons. The normalized spacial score (nSPS) is 10.7. The lowest BCUT2D eigenvalue weighted by atomic mass is 10.0. The first kappa shape index (κ1) is 15.4. The van der Waals surface area contributed by atoms with Gasteiger partial charge >= 0.3 is 0 Å². The van der Waals surface area contributed by atoms with Crippen molar-refractivity contribution >= 4 is 21.6 Å². The Morgan fingerprint density at radius 1 is 1.17 bits per heavy atom. The van der Waals surface area contributed by atoms with Gasteiger partial charge in [-0.15, -0.1) is 0 Å². The SMILES string of the molecule is O=[N+]([O-])c1ccc(-c2noc(-c3ccccc3Br)c2CO)cc1. The topological polar surface area (TPSA) is 89.4 Å². The number of rotatable bonds is 4. The molecule has 23 heavy (non-hydrogen) atoms. The quantitative estimate of drug-likeness (QED) is 0.546. The van der Waals surface area contributed by atoms with Gasteiger partial charge in [-0.25, -0.2) is 0 Å². The van der Waals surface area contributed by atoms with Gasteiger partial charge in [-0.05, 0) is 24.3 Å². The van der Waals surface area contributed by atoms with Crippen LogP contribution in [0.1, 0.15) is 5.56 Å². The van der Waals surface area contributed by atoms with Gasteiger partial charge in [-0.3, -0.25) is 10.1 Å². The summed E-state index contributed by atoms with van der Waals surface area (Å²) in [6, 6.07) is 13.4. The summed E-state index contributed by atoms with van der Waals surface area (Å²) < 4.78 is 6.23. The maximum absolute atomic E-state index is 10.7. The molecule has 0 aliphatic carbocycles. The Bertz CT molecular complexity index is 859. The molecule has 0 radical (unpaired) electrons. The average molecular weight is 375 g/mol. The second-order valence-corrected chi connectivity index (χ2v) is 5.64. The molecule has 0 aliphatic rings. The molecule has 1 heterocycles. The number of aliphatic hydroxyl groups excluding tert-OH is 1. The van der Waals surface area contributed by atoms with E-state index in [0.717, 1.165) is 10.0 Å². The highest BCUT2D eigenvalue weighted by atomic mass is 79.9. The number of halogens is 1. The zero-order valence-electron chi connectivity index (χ0n) is 11.8. The van der Waals surface area contributed by atoms with Crippen molar-refractivity contribution in [2.75, 3.05) is 0 Å². The van der Waals surface area contributed by atoms with Crippen molar-refractivity contribution in [3.63, 3.8) is 0 Å². The monoisotopic (exact) mass is 374 g/mol. The first-order valence-electron chi connectivity index (χ1n) is 6.71. The number of benzene rings is 2. The number of non-ortho nitro benzene ring substituents is 1. The van der Waals surface area contributed by atoms with Gasteiger partial charge in [0, 0.05) is 27.7 Å². The predicted octanol–water partition coefficient (Wildman–Crippen LogP) is 4.17. The molecule has 6 nitrogen and oxygen atoms in total. The van der Waals surface area contributed by atoms with Gasteiger partial charge in [0.15, 0.2) is 5.76 Å². The van der Waals surface area contributed by atoms with Crippen LogP contribution in [0.25, 0.3) is 22.6 Å². The molecule has 0 saturated carbocycles. The molecule has 3 aromatic rings. The summed E-state index contributed by atoms with van der Waals surface area (Å²) in [4.78, 5) is 10.3. The highest BCUT2D eigenvalue weighted by Gasteiger charge is 2.20. The Kier molecular flexibility index (Phi) is 4.22. The molecule has 1 aromatic heterocycles. The minimum Gasteiger partial charge on any atom is -0.391 e. The molecule has 1 N–H and O–H groups in total. The van der Waals surface area contributed by atoms with Crippen LogP contribution in [0.2, 0.25) is 0 Å². The zero-order chi connectivity index (χ0) is 16.4. The lowest BCUT2D eigenvalue weighted by Crippen LogP contribution is -1.91. The van der Waals surface area contributed by atoms with Crippen molar-refractivity contribution in [3.8, 4) is 22.6 Å². The highest BCUT2D eigenvalue weighted by Crippen LogP contribution is 2.36. The van der Waals surface area contributed by atoms with Crippen molar-refractivity contribution in [2.24, 2.45) is 0 Å². The largest absolute Gasteiger partial charge is 0.391 e. The molecule has 0 spiro atoms. The lowest BCUT2D eigenvalue weighted by molar-refractivity contribution is -0.384. The Labute approximate surface area is 139 Å². The molecule has 2 aromatic carbocycles. The number of nitro benzene ring substituents is 1. The number of aliphatic hydroxyl groups is 1. The minimum absolute atomic E-state index is 0.00572. The molecule has 3 rings (SSSR count). The summed E-state index contributed by atoms with van der Waals surface area (Å²) in [6.45, 7) is -0.257. The summed E-state index contributed by atoms with van der Waals surface area (Å²) in [6.07, 6.45) is 0. The molecule has 7 heteroatoms. The van der Waals surface area contributed by atoms with E-state index >= 15 is 0 Å². The van der Waals surface area contributed by atoms with E-state index in [-0.39, 0.29) is 12.3 Å². The maximum atomic E-state index is 10.7. The third-order valence-corrected chi connectivity index (χ3v) is 4.11. The number of hydrogen-bond donors (Lipinski definition) is 1. The van der Waals surface area contributed by atoms with E-state index in [0.29, 0.717) is 22.6 Å². The van der Waals surface area contributed by atoms with E-state index in [1.807, 2.05) is 24.3 Å². The molecule has 0 aliphatic heterocycles. The number of aromatic nitrogens is 1. The third-order valence-electron chi connectivity index (χ3n) is 3.42. The summed E-state index contributed by atoms with van der Waals surface area (Å²) >= 11 is 3.44. The summed E-state index contributed by atoms with van der Waals surface area (Å²) in [5, 5.41) is 24.5. The number of nitro groups is 1. The van der Waals surface area contributed by atoms with Gasteiger partial charge in [0.05, 0.1) is 17.1 Å². The highest BCUT2D eigenvalue weighted by molar-refractivity contribution is 9.10. The van der Waals surface area contributed by atoms with Gasteiger partial charge in [0.25, 0.3) is 5.69 Å². The number of hydrogen-bond acceptors (Lipinski definition) is 5. The van der Waals surface area contributed by atoms with E-state index in [1.165, 1.54) is 12.1 Å². The zero-order valence-corrected chi connectivity index (χ0v) is 13.4. The minimum atomic E-state index is -0.466. The van der Waals surface area contributed by atoms with Crippen LogP contribution < -0.4 is 0 Å². The standard InChI is InChI=1S/C16H11BrN2O4/c17-14-4-2-1-3-12(14)16-13(9-20)15(18-23-16)10-5-7-11(8-6-10)19(21)22/h1-8,20H,9H2. The fourth-order valence-electron chi connectivity index (χ4n) is 2.28. The summed E-state index contributed by atoms with van der Waals surface area (Å²) in [5.74, 6) is 0.466. The van der Waals surface area contributed by atoms with Crippen molar-refractivity contribution in [2.45, 2.75) is 6.61 Å². The van der Waals surface area contributed by atoms with Crippen LogP contribution in [0, 0.1) is 10.1 Å². The van der Waals surface area contributed by atoms with E-state index in [1.54, 1.807) is 12.1 Å². The van der Waals surface area contributed by atoms with Gasteiger partial charge in [0.2, 0.25) is 0 Å². The van der Waals surface area contributed by atoms with E-state index in [4.69, 9.17) is 4.52 Å². The van der Waals surface area contributed by atoms with E-state index in [2.05, 4.69) is 21.1 Å². The molecular formula is C16H11BrN2O4. The first-order chi connectivity index (χ1) is 11.1. The van der Waals surface area contributed by atoms with Crippen molar-refractivity contribution in [1.29, 1.82) is 0 Å². The van der Waals surface area contributed by atoms with Crippen LogP contribution in [0.3, 0.4) is 0 Å². The number of nitrogens with zero attached hydrogens (tertiary/aromatic N) is 2. The summed E-state index contributed by atoms with van der Waals surface area (Å²) in [5.41, 5.74) is 2.41. The molecule has 0 unspecified atom stereocenters. The molecule has 0 fully saturated rings. The smallest absolute Gasteiger partial charge is 0.269 e. The molecule has 0 bridgehead atoms. The Balaban J connectivity index is 2.08. The molecular weight excluding hydrogens is 364 g/mol. The third kappa shape index (κ3) is 2.88. The van der Waals surface area contributed by atoms with Crippen LogP contribution in [-0.4, -0.2) is 15.2 Å². The average Bonchev–Trinajstić information content (AvgIpc) is 2.99. The van der Waals surface area contributed by atoms with Gasteiger partial charge in [-0.2, -0.15) is 0 Å². The maximum Gasteiger partial charge on any atom is 0.269 e. The van der Waals surface area contributed by atoms with Crippen molar-refractivity contribution in [1.82, 2.24) is 5.16 Å². The van der Waals surface area contributed by atoms with Gasteiger partial charge in [0.1, 0.15) is 5.69 Å². The van der Waals surface area contributed by atoms with Crippen LogP contribution in [-0.2, 0) is 6.61 Å². The van der Waals surface area contributed by atoms with Crippen molar-refractivity contribution < 1.29 is 14.6 Å². The summed E-state index contributed by atoms with van der Waals surface area (Å²) in [7, 11) is 0. The van der Waals surface area contributed by atoms with Crippen molar-refractivity contribution in [3.05, 3.63) is 68.7 Å². The van der Waals surface area contributed by atoms with Crippen LogP contribution in [0.15, 0.2) is 57.5 Å². The first-order valence-corrected chi connectivity index (χ1v) is 7.50. The van der Waals surface area contributed by atoms with Gasteiger partial charge in [-0.1, -0.05) is 33.2 Å². The second kappa shape index (κ2) is 6.31. The fraction of sp³-hybridized carbons (Fsp3) is 0.0625. The predicted molar refractivity (Wildman–Crippen MR) is 87.7 cm³/mol. The van der Waals surface area contributed by atoms with E-state index in [9.17, 15) is 15.2 Å². The Hall–Kier alpha value is -2.51. The molecule has 0 atom stereocenters.